The van der Waals surface area contributed by atoms with E-state index >= 15 is 0 Å². The van der Waals surface area contributed by atoms with Gasteiger partial charge in [0.15, 0.2) is 0 Å². The molecule has 2 N–H and O–H groups in total. The van der Waals surface area contributed by atoms with Crippen LogP contribution in [-0.4, -0.2) is 46.4 Å². The predicted molar refractivity (Wildman–Crippen MR) is 54.3 cm³/mol. The van der Waals surface area contributed by atoms with Crippen molar-refractivity contribution >= 4 is 0 Å². The molecule has 1 atom stereocenters. The van der Waals surface area contributed by atoms with E-state index in [2.05, 4.69) is 17.0 Å². The SMILES string of the molecule is CN1CCN(N)C(c2cnn(C)c2)C1. The number of aryl methyl sites for hydroxylation is 1. The molecular formula is C9H17N5. The Kier molecular flexibility index (Phi) is 2.54. The van der Waals surface area contributed by atoms with Crippen molar-refractivity contribution in [2.24, 2.45) is 12.9 Å². The van der Waals surface area contributed by atoms with Gasteiger partial charge in [0.25, 0.3) is 0 Å². The van der Waals surface area contributed by atoms with Crippen molar-refractivity contribution in [2.75, 3.05) is 26.7 Å². The first kappa shape index (κ1) is 9.64. The Bertz CT molecular complexity index is 308. The van der Waals surface area contributed by atoms with Crippen molar-refractivity contribution in [3.63, 3.8) is 0 Å². The molecule has 0 amide bonds. The standard InChI is InChI=1S/C9H17N5/c1-12-3-4-14(10)9(7-12)8-5-11-13(2)6-8/h5-6,9H,3-4,7,10H2,1-2H3. The second kappa shape index (κ2) is 3.68. The summed E-state index contributed by atoms with van der Waals surface area (Å²) in [5.74, 6) is 5.95. The average Bonchev–Trinajstić information content (AvgIpc) is 2.56. The van der Waals surface area contributed by atoms with Gasteiger partial charge < -0.3 is 4.90 Å². The zero-order valence-electron chi connectivity index (χ0n) is 8.72. The van der Waals surface area contributed by atoms with Crippen molar-refractivity contribution in [1.82, 2.24) is 19.7 Å². The molecule has 78 valence electrons. The molecule has 2 rings (SSSR count). The molecule has 0 saturated carbocycles. The van der Waals surface area contributed by atoms with E-state index in [1.807, 2.05) is 29.1 Å². The van der Waals surface area contributed by atoms with E-state index < -0.39 is 0 Å². The number of hydrogen-bond donors (Lipinski definition) is 1. The molecule has 1 aliphatic heterocycles. The van der Waals surface area contributed by atoms with Gasteiger partial charge in [-0.25, -0.2) is 5.01 Å². The van der Waals surface area contributed by atoms with E-state index in [1.165, 1.54) is 5.56 Å². The third-order valence-electron chi connectivity index (χ3n) is 2.73. The van der Waals surface area contributed by atoms with Crippen molar-refractivity contribution < 1.29 is 0 Å². The lowest BCUT2D eigenvalue weighted by atomic mass is 10.1. The van der Waals surface area contributed by atoms with Crippen LogP contribution in [0, 0.1) is 0 Å². The summed E-state index contributed by atoms with van der Waals surface area (Å²) < 4.78 is 1.82. The molecule has 1 aromatic rings. The summed E-state index contributed by atoms with van der Waals surface area (Å²) in [6.45, 7) is 2.92. The van der Waals surface area contributed by atoms with Gasteiger partial charge in [-0.1, -0.05) is 0 Å². The van der Waals surface area contributed by atoms with E-state index in [-0.39, 0.29) is 6.04 Å². The maximum absolute atomic E-state index is 5.95. The minimum atomic E-state index is 0.280. The van der Waals surface area contributed by atoms with Gasteiger partial charge in [-0.2, -0.15) is 5.10 Å². The number of hydrazine groups is 1. The summed E-state index contributed by atoms with van der Waals surface area (Å²) in [6.07, 6.45) is 3.92. The minimum Gasteiger partial charge on any atom is -0.303 e. The maximum atomic E-state index is 5.95. The van der Waals surface area contributed by atoms with Gasteiger partial charge in [0.05, 0.1) is 12.2 Å². The highest BCUT2D eigenvalue weighted by Crippen LogP contribution is 2.20. The number of likely N-dealkylation sites (N-methyl/N-ethyl adjacent to an activating group) is 1. The Hall–Kier alpha value is -0.910. The molecule has 0 aromatic carbocycles. The monoisotopic (exact) mass is 195 g/mol. The molecule has 0 bridgehead atoms. The first-order chi connectivity index (χ1) is 6.66. The summed E-state index contributed by atoms with van der Waals surface area (Å²) in [5.41, 5.74) is 1.20. The number of nitrogens with zero attached hydrogens (tertiary/aromatic N) is 4. The van der Waals surface area contributed by atoms with E-state index in [0.29, 0.717) is 0 Å². The van der Waals surface area contributed by atoms with E-state index in [0.717, 1.165) is 19.6 Å². The molecular weight excluding hydrogens is 178 g/mol. The highest BCUT2D eigenvalue weighted by molar-refractivity contribution is 5.11. The van der Waals surface area contributed by atoms with E-state index in [9.17, 15) is 0 Å². The Labute approximate surface area is 84.1 Å². The minimum absolute atomic E-state index is 0.280. The smallest absolute Gasteiger partial charge is 0.0648 e. The molecule has 5 heteroatoms. The summed E-state index contributed by atoms with van der Waals surface area (Å²) in [7, 11) is 4.05. The van der Waals surface area contributed by atoms with Gasteiger partial charge in [0.2, 0.25) is 0 Å². The molecule has 5 nitrogen and oxygen atoms in total. The van der Waals surface area contributed by atoms with Crippen LogP contribution in [0.15, 0.2) is 12.4 Å². The number of aromatic nitrogens is 2. The third kappa shape index (κ3) is 1.79. The van der Waals surface area contributed by atoms with Gasteiger partial charge in [-0.15, -0.1) is 0 Å². The van der Waals surface area contributed by atoms with Crippen molar-refractivity contribution in [3.05, 3.63) is 18.0 Å². The van der Waals surface area contributed by atoms with Crippen LogP contribution in [-0.2, 0) is 7.05 Å². The summed E-state index contributed by atoms with van der Waals surface area (Å²) in [5, 5.41) is 6.07. The van der Waals surface area contributed by atoms with Crippen molar-refractivity contribution in [2.45, 2.75) is 6.04 Å². The van der Waals surface area contributed by atoms with Gasteiger partial charge in [0.1, 0.15) is 0 Å². The average molecular weight is 195 g/mol. The van der Waals surface area contributed by atoms with Crippen molar-refractivity contribution in [3.8, 4) is 0 Å². The highest BCUT2D eigenvalue weighted by atomic mass is 15.5. The number of hydrogen-bond acceptors (Lipinski definition) is 4. The Morgan fingerprint density at radius 2 is 2.21 bits per heavy atom. The largest absolute Gasteiger partial charge is 0.303 e. The van der Waals surface area contributed by atoms with Gasteiger partial charge in [-0.3, -0.25) is 10.5 Å². The molecule has 1 unspecified atom stereocenters. The first-order valence-electron chi connectivity index (χ1n) is 4.85. The molecule has 2 heterocycles. The summed E-state index contributed by atoms with van der Waals surface area (Å²) in [4.78, 5) is 2.29. The van der Waals surface area contributed by atoms with E-state index in [1.54, 1.807) is 0 Å². The normalized spacial score (nSPS) is 25.5. The Balaban J connectivity index is 2.15. The molecule has 14 heavy (non-hydrogen) atoms. The summed E-state index contributed by atoms with van der Waals surface area (Å²) >= 11 is 0. The molecule has 1 aliphatic rings. The van der Waals surface area contributed by atoms with Crippen LogP contribution in [0.3, 0.4) is 0 Å². The fourth-order valence-corrected chi connectivity index (χ4v) is 1.84. The van der Waals surface area contributed by atoms with Crippen LogP contribution in [0.25, 0.3) is 0 Å². The molecule has 1 saturated heterocycles. The molecule has 0 aliphatic carbocycles. The Morgan fingerprint density at radius 3 is 2.86 bits per heavy atom. The topological polar surface area (TPSA) is 50.3 Å². The second-order valence-electron chi connectivity index (χ2n) is 3.96. The van der Waals surface area contributed by atoms with Crippen LogP contribution in [0.4, 0.5) is 0 Å². The van der Waals surface area contributed by atoms with E-state index in [4.69, 9.17) is 5.84 Å². The second-order valence-corrected chi connectivity index (χ2v) is 3.96. The number of piperazine rings is 1. The zero-order valence-corrected chi connectivity index (χ0v) is 8.72. The van der Waals surface area contributed by atoms with Crippen LogP contribution in [0.2, 0.25) is 0 Å². The third-order valence-corrected chi connectivity index (χ3v) is 2.73. The highest BCUT2D eigenvalue weighted by Gasteiger charge is 2.24. The lowest BCUT2D eigenvalue weighted by Gasteiger charge is -2.36. The van der Waals surface area contributed by atoms with Gasteiger partial charge in [0, 0.05) is 38.4 Å². The first-order valence-corrected chi connectivity index (χ1v) is 4.85. The lowest BCUT2D eigenvalue weighted by Crippen LogP contribution is -2.49. The van der Waals surface area contributed by atoms with Crippen LogP contribution in [0.1, 0.15) is 11.6 Å². The van der Waals surface area contributed by atoms with Crippen LogP contribution < -0.4 is 5.84 Å². The summed E-state index contributed by atoms with van der Waals surface area (Å²) in [6, 6.07) is 0.280. The zero-order chi connectivity index (χ0) is 10.1. The fourth-order valence-electron chi connectivity index (χ4n) is 1.84. The van der Waals surface area contributed by atoms with Crippen LogP contribution in [0.5, 0.6) is 0 Å². The molecule has 0 radical (unpaired) electrons. The Morgan fingerprint density at radius 1 is 1.43 bits per heavy atom. The predicted octanol–water partition coefficient (Wildman–Crippen LogP) is -0.418. The number of rotatable bonds is 1. The maximum Gasteiger partial charge on any atom is 0.0648 e. The quantitative estimate of drug-likeness (QED) is 0.618. The molecule has 0 spiro atoms. The molecule has 1 aromatic heterocycles. The van der Waals surface area contributed by atoms with Gasteiger partial charge in [-0.05, 0) is 7.05 Å². The lowest BCUT2D eigenvalue weighted by molar-refractivity contribution is 0.0905. The van der Waals surface area contributed by atoms with Crippen molar-refractivity contribution in [1.29, 1.82) is 0 Å². The number of nitrogens with two attached hydrogens (primary N) is 1. The molecule has 1 fully saturated rings. The fraction of sp³-hybridized carbons (Fsp3) is 0.667. The van der Waals surface area contributed by atoms with Crippen LogP contribution >= 0.6 is 0 Å². The van der Waals surface area contributed by atoms with Gasteiger partial charge >= 0.3 is 0 Å².